The predicted octanol–water partition coefficient (Wildman–Crippen LogP) is 2.59. The second-order valence-electron chi connectivity index (χ2n) is 8.68. The number of fused-ring (bicyclic) bond motifs is 1. The fourth-order valence-electron chi connectivity index (χ4n) is 4.38. The lowest BCUT2D eigenvalue weighted by Crippen LogP contribution is -2.47. The molecule has 1 aliphatic heterocycles. The fourth-order valence-corrected chi connectivity index (χ4v) is 4.38. The summed E-state index contributed by atoms with van der Waals surface area (Å²) in [4.78, 5) is 25.3. The second kappa shape index (κ2) is 11.3. The Balaban J connectivity index is 1.37. The number of nitrogens with zero attached hydrogens (tertiary/aromatic N) is 4. The Morgan fingerprint density at radius 3 is 2.85 bits per heavy atom. The van der Waals surface area contributed by atoms with Gasteiger partial charge in [0.05, 0.1) is 6.61 Å². The van der Waals surface area contributed by atoms with Gasteiger partial charge in [-0.3, -0.25) is 14.8 Å². The Kier molecular flexibility index (Phi) is 7.96. The van der Waals surface area contributed by atoms with Gasteiger partial charge >= 0.3 is 0 Å². The number of hydrogen-bond donors (Lipinski definition) is 3. The number of carbonyl (C=O) groups excluding carboxylic acids is 1. The summed E-state index contributed by atoms with van der Waals surface area (Å²) in [5, 5.41) is 11.6. The number of methoxy groups -OCH3 is 1. The van der Waals surface area contributed by atoms with E-state index in [0.717, 1.165) is 70.5 Å². The van der Waals surface area contributed by atoms with E-state index in [1.54, 1.807) is 7.11 Å². The molecule has 0 saturated carbocycles. The van der Waals surface area contributed by atoms with Crippen LogP contribution < -0.4 is 10.2 Å². The van der Waals surface area contributed by atoms with Gasteiger partial charge in [-0.25, -0.2) is 0 Å². The van der Waals surface area contributed by atoms with Crippen molar-refractivity contribution < 1.29 is 9.53 Å². The van der Waals surface area contributed by atoms with Crippen molar-refractivity contribution in [2.45, 2.75) is 38.6 Å². The van der Waals surface area contributed by atoms with Crippen LogP contribution in [0.1, 0.15) is 42.4 Å². The minimum absolute atomic E-state index is 0.0366. The van der Waals surface area contributed by atoms with Crippen LogP contribution in [0.3, 0.4) is 0 Å². The number of carbonyl (C=O) groups is 1. The number of nitrogens with one attached hydrogen (secondary N) is 3. The van der Waals surface area contributed by atoms with Crippen LogP contribution in [0.2, 0.25) is 0 Å². The molecule has 1 aromatic carbocycles. The third-order valence-electron chi connectivity index (χ3n) is 6.34. The molecule has 0 radical (unpaired) electrons. The highest BCUT2D eigenvalue weighted by molar-refractivity contribution is 5.91. The number of unbranched alkanes of at least 4 members (excludes halogenated alkanes) is 1. The number of ether oxygens (including phenoxy) is 1. The monoisotopic (exact) mass is 453 g/mol. The van der Waals surface area contributed by atoms with Gasteiger partial charge < -0.3 is 19.9 Å². The van der Waals surface area contributed by atoms with Gasteiger partial charge in [-0.2, -0.15) is 4.98 Å². The van der Waals surface area contributed by atoms with E-state index in [9.17, 15) is 4.79 Å². The van der Waals surface area contributed by atoms with Crippen LogP contribution in [0, 0.1) is 0 Å². The van der Waals surface area contributed by atoms with Crippen molar-refractivity contribution in [1.29, 1.82) is 0 Å². The maximum Gasteiger partial charge on any atom is 0.288 e. The van der Waals surface area contributed by atoms with Gasteiger partial charge in [-0.15, -0.1) is 5.10 Å². The van der Waals surface area contributed by atoms with Crippen molar-refractivity contribution in [2.75, 3.05) is 51.3 Å². The van der Waals surface area contributed by atoms with Crippen molar-refractivity contribution in [1.82, 2.24) is 30.4 Å². The van der Waals surface area contributed by atoms with Gasteiger partial charge in [0, 0.05) is 63.0 Å². The van der Waals surface area contributed by atoms with Crippen molar-refractivity contribution in [2.24, 2.45) is 0 Å². The van der Waals surface area contributed by atoms with E-state index in [1.165, 1.54) is 10.9 Å². The summed E-state index contributed by atoms with van der Waals surface area (Å²) >= 11 is 0. The summed E-state index contributed by atoms with van der Waals surface area (Å²) in [5.74, 6) is 0.661. The van der Waals surface area contributed by atoms with Gasteiger partial charge in [0.25, 0.3) is 5.91 Å². The van der Waals surface area contributed by atoms with Crippen LogP contribution in [-0.2, 0) is 11.2 Å². The molecule has 9 nitrogen and oxygen atoms in total. The molecule has 4 rings (SSSR count). The average Bonchev–Trinajstić information content (AvgIpc) is 3.50. The summed E-state index contributed by atoms with van der Waals surface area (Å²) in [6, 6.07) is 8.31. The number of benzene rings is 1. The molecular weight excluding hydrogens is 418 g/mol. The molecule has 33 heavy (non-hydrogen) atoms. The lowest BCUT2D eigenvalue weighted by molar-refractivity contribution is 0.0924. The molecule has 3 heterocycles. The SMILES string of the molecule is CCCCC(Cc1c[nH]c2ccccc12)NC(=O)c1nc(N2CCN(CCOC)CC2)n[nH]1. The molecule has 1 amide bonds. The molecule has 178 valence electrons. The van der Waals surface area contributed by atoms with Crippen LogP contribution in [0.5, 0.6) is 0 Å². The normalized spacial score (nSPS) is 15.8. The summed E-state index contributed by atoms with van der Waals surface area (Å²) in [7, 11) is 1.73. The zero-order chi connectivity index (χ0) is 23.0. The topological polar surface area (TPSA) is 102 Å². The third-order valence-corrected chi connectivity index (χ3v) is 6.34. The number of anilines is 1. The predicted molar refractivity (Wildman–Crippen MR) is 130 cm³/mol. The van der Waals surface area contributed by atoms with Gasteiger partial charge in [-0.1, -0.05) is 38.0 Å². The van der Waals surface area contributed by atoms with E-state index in [1.807, 2.05) is 12.1 Å². The molecule has 9 heteroatoms. The number of piperazine rings is 1. The number of hydrogen-bond acceptors (Lipinski definition) is 6. The van der Waals surface area contributed by atoms with Crippen molar-refractivity contribution in [3.63, 3.8) is 0 Å². The molecule has 3 aromatic rings. The van der Waals surface area contributed by atoms with Crippen LogP contribution in [0.4, 0.5) is 5.95 Å². The van der Waals surface area contributed by atoms with E-state index in [4.69, 9.17) is 4.74 Å². The number of aromatic amines is 2. The van der Waals surface area contributed by atoms with Crippen LogP contribution in [0.15, 0.2) is 30.5 Å². The van der Waals surface area contributed by atoms with E-state index in [2.05, 4.69) is 60.5 Å². The highest BCUT2D eigenvalue weighted by Gasteiger charge is 2.23. The zero-order valence-corrected chi connectivity index (χ0v) is 19.6. The molecule has 1 aliphatic rings. The molecule has 0 aliphatic carbocycles. The third kappa shape index (κ3) is 5.91. The Labute approximate surface area is 194 Å². The van der Waals surface area contributed by atoms with E-state index >= 15 is 0 Å². The average molecular weight is 454 g/mol. The Hall–Kier alpha value is -2.91. The summed E-state index contributed by atoms with van der Waals surface area (Å²) < 4.78 is 5.16. The Morgan fingerprint density at radius 2 is 2.06 bits per heavy atom. The quantitative estimate of drug-likeness (QED) is 0.412. The highest BCUT2D eigenvalue weighted by Crippen LogP contribution is 2.20. The first kappa shape index (κ1) is 23.3. The molecule has 1 saturated heterocycles. The smallest absolute Gasteiger partial charge is 0.288 e. The molecule has 1 unspecified atom stereocenters. The van der Waals surface area contributed by atoms with E-state index in [-0.39, 0.29) is 17.8 Å². The largest absolute Gasteiger partial charge is 0.383 e. The van der Waals surface area contributed by atoms with Gasteiger partial charge in [-0.05, 0) is 24.5 Å². The summed E-state index contributed by atoms with van der Waals surface area (Å²) in [6.07, 6.45) is 5.90. The fraction of sp³-hybridized carbons (Fsp3) is 0.542. The first-order chi connectivity index (χ1) is 16.2. The number of para-hydroxylation sites is 1. The summed E-state index contributed by atoms with van der Waals surface area (Å²) in [6.45, 7) is 7.38. The van der Waals surface area contributed by atoms with Crippen LogP contribution in [0.25, 0.3) is 10.9 Å². The molecule has 3 N–H and O–H groups in total. The number of H-pyrrole nitrogens is 2. The number of rotatable bonds is 11. The van der Waals surface area contributed by atoms with Gasteiger partial charge in [0.15, 0.2) is 0 Å². The number of amides is 1. The minimum Gasteiger partial charge on any atom is -0.383 e. The van der Waals surface area contributed by atoms with E-state index < -0.39 is 0 Å². The first-order valence-electron chi connectivity index (χ1n) is 11.9. The number of aromatic nitrogens is 4. The lowest BCUT2D eigenvalue weighted by Gasteiger charge is -2.33. The zero-order valence-electron chi connectivity index (χ0n) is 19.6. The van der Waals surface area contributed by atoms with Crippen molar-refractivity contribution >= 4 is 22.8 Å². The Bertz CT molecular complexity index is 1020. The Morgan fingerprint density at radius 1 is 1.24 bits per heavy atom. The lowest BCUT2D eigenvalue weighted by atomic mass is 10.0. The molecule has 0 spiro atoms. The van der Waals surface area contributed by atoms with Crippen LogP contribution in [-0.4, -0.2) is 83.5 Å². The van der Waals surface area contributed by atoms with Gasteiger partial charge in [0.1, 0.15) is 0 Å². The minimum atomic E-state index is -0.201. The molecule has 0 bridgehead atoms. The summed E-state index contributed by atoms with van der Waals surface area (Å²) in [5.41, 5.74) is 2.34. The maximum atomic E-state index is 13.0. The van der Waals surface area contributed by atoms with Crippen molar-refractivity contribution in [3.05, 3.63) is 41.9 Å². The second-order valence-corrected chi connectivity index (χ2v) is 8.68. The molecule has 1 fully saturated rings. The first-order valence-corrected chi connectivity index (χ1v) is 11.9. The highest BCUT2D eigenvalue weighted by atomic mass is 16.5. The van der Waals surface area contributed by atoms with Crippen molar-refractivity contribution in [3.8, 4) is 0 Å². The van der Waals surface area contributed by atoms with E-state index in [0.29, 0.717) is 5.95 Å². The molecule has 1 atom stereocenters. The maximum absolute atomic E-state index is 13.0. The molecular formula is C24H35N7O2. The molecule has 2 aromatic heterocycles. The van der Waals surface area contributed by atoms with Gasteiger partial charge in [0.2, 0.25) is 11.8 Å². The van der Waals surface area contributed by atoms with Crippen LogP contribution >= 0.6 is 0 Å². The standard InChI is InChI=1S/C24H35N7O2/c1-3-4-7-19(16-18-17-25-21-9-6-5-8-20(18)21)26-23(32)22-27-24(29-28-22)31-12-10-30(11-13-31)14-15-33-2/h5-6,8-9,17,19,25H,3-4,7,10-16H2,1-2H3,(H,26,32)(H,27,28,29).